The molecule has 1 aromatic heterocycles. The fourth-order valence-electron chi connectivity index (χ4n) is 3.57. The van der Waals surface area contributed by atoms with Crippen molar-refractivity contribution in [1.29, 1.82) is 0 Å². The molecule has 2 N–H and O–H groups in total. The van der Waals surface area contributed by atoms with Crippen molar-refractivity contribution >= 4 is 15.8 Å². The number of sulfone groups is 1. The van der Waals surface area contributed by atoms with Gasteiger partial charge in [0.05, 0.1) is 5.75 Å². The van der Waals surface area contributed by atoms with E-state index in [1.54, 1.807) is 13.2 Å². The van der Waals surface area contributed by atoms with Gasteiger partial charge in [-0.1, -0.05) is 6.07 Å². The smallest absolute Gasteiger partial charge is 0.213 e. The van der Waals surface area contributed by atoms with Crippen LogP contribution in [-0.4, -0.2) is 38.8 Å². The molecule has 7 nitrogen and oxygen atoms in total. The van der Waals surface area contributed by atoms with Crippen molar-refractivity contribution in [3.8, 4) is 5.88 Å². The molecule has 9 heteroatoms. The van der Waals surface area contributed by atoms with Gasteiger partial charge in [-0.2, -0.15) is 0 Å². The second kappa shape index (κ2) is 10.6. The number of rotatable bonds is 8. The highest BCUT2D eigenvalue weighted by Gasteiger charge is 2.17. The average molecular weight is 449 g/mol. The van der Waals surface area contributed by atoms with E-state index in [1.165, 1.54) is 31.0 Å². The molecule has 0 unspecified atom stereocenters. The fourth-order valence-corrected chi connectivity index (χ4v) is 4.42. The number of aliphatic imine (C=N–C) groups is 1. The summed E-state index contributed by atoms with van der Waals surface area (Å²) in [5.41, 5.74) is 2.13. The molecular weight excluding hydrogens is 419 g/mol. The molecule has 1 aliphatic carbocycles. The van der Waals surface area contributed by atoms with E-state index in [9.17, 15) is 12.8 Å². The lowest BCUT2D eigenvalue weighted by molar-refractivity contribution is 0.201. The Morgan fingerprint density at radius 1 is 1.16 bits per heavy atom. The number of ether oxygens (including phenoxy) is 1. The summed E-state index contributed by atoms with van der Waals surface area (Å²) in [6, 6.07) is 7.93. The molecule has 168 valence electrons. The maximum absolute atomic E-state index is 13.7. The van der Waals surface area contributed by atoms with Crippen LogP contribution in [0.5, 0.6) is 5.88 Å². The molecule has 0 radical (unpaired) electrons. The van der Waals surface area contributed by atoms with Gasteiger partial charge in [-0.15, -0.1) is 0 Å². The van der Waals surface area contributed by atoms with Crippen molar-refractivity contribution in [3.05, 3.63) is 59.0 Å². The zero-order valence-electron chi connectivity index (χ0n) is 17.9. The number of benzene rings is 1. The van der Waals surface area contributed by atoms with Crippen LogP contribution in [0.3, 0.4) is 0 Å². The summed E-state index contributed by atoms with van der Waals surface area (Å²) in [6.45, 7) is 0.747. The minimum absolute atomic E-state index is 0.142. The first-order valence-corrected chi connectivity index (χ1v) is 12.4. The fraction of sp³-hybridized carbons (Fsp3) is 0.455. The Morgan fingerprint density at radius 2 is 1.90 bits per heavy atom. The Labute approximate surface area is 183 Å². The topological polar surface area (TPSA) is 92.7 Å². The highest BCUT2D eigenvalue weighted by Crippen LogP contribution is 2.23. The number of nitrogens with zero attached hydrogens (tertiary/aromatic N) is 2. The third-order valence-corrected chi connectivity index (χ3v) is 5.94. The summed E-state index contributed by atoms with van der Waals surface area (Å²) in [6.07, 6.45) is 7.67. The van der Waals surface area contributed by atoms with Crippen LogP contribution in [0.25, 0.3) is 0 Å². The second-order valence-electron chi connectivity index (χ2n) is 7.79. The number of pyridine rings is 1. The number of guanidine groups is 1. The van der Waals surface area contributed by atoms with Crippen molar-refractivity contribution in [1.82, 2.24) is 15.6 Å². The molecule has 0 spiro atoms. The van der Waals surface area contributed by atoms with Gasteiger partial charge in [-0.3, -0.25) is 4.99 Å². The molecule has 0 bridgehead atoms. The molecule has 3 rings (SSSR count). The first kappa shape index (κ1) is 23.0. The van der Waals surface area contributed by atoms with E-state index >= 15 is 0 Å². The molecule has 1 aromatic carbocycles. The van der Waals surface area contributed by atoms with Crippen LogP contribution in [-0.2, 0) is 28.7 Å². The number of hydrogen-bond donors (Lipinski definition) is 2. The van der Waals surface area contributed by atoms with Gasteiger partial charge in [-0.05, 0) is 60.6 Å². The largest absolute Gasteiger partial charge is 0.474 e. The number of hydrogen-bond acceptors (Lipinski definition) is 5. The zero-order chi connectivity index (χ0) is 22.3. The molecule has 1 heterocycles. The van der Waals surface area contributed by atoms with Crippen LogP contribution in [0.2, 0.25) is 0 Å². The van der Waals surface area contributed by atoms with Crippen molar-refractivity contribution < 1.29 is 17.5 Å². The van der Waals surface area contributed by atoms with E-state index < -0.39 is 15.7 Å². The Hall–Kier alpha value is -2.68. The van der Waals surface area contributed by atoms with Crippen molar-refractivity contribution in [2.75, 3.05) is 13.3 Å². The summed E-state index contributed by atoms with van der Waals surface area (Å²) < 4.78 is 43.0. The van der Waals surface area contributed by atoms with Gasteiger partial charge in [0.2, 0.25) is 5.88 Å². The van der Waals surface area contributed by atoms with E-state index in [2.05, 4.69) is 20.6 Å². The predicted molar refractivity (Wildman–Crippen MR) is 119 cm³/mol. The lowest BCUT2D eigenvalue weighted by atomic mass is 10.1. The van der Waals surface area contributed by atoms with E-state index in [0.717, 1.165) is 24.7 Å². The Morgan fingerprint density at radius 3 is 2.61 bits per heavy atom. The maximum atomic E-state index is 13.7. The summed E-state index contributed by atoms with van der Waals surface area (Å²) in [5, 5.41) is 6.32. The van der Waals surface area contributed by atoms with Crippen molar-refractivity contribution in [3.63, 3.8) is 0 Å². The van der Waals surface area contributed by atoms with Crippen LogP contribution in [0.15, 0.2) is 41.5 Å². The number of aromatic nitrogens is 1. The third-order valence-electron chi connectivity index (χ3n) is 5.10. The lowest BCUT2D eigenvalue weighted by Gasteiger charge is -2.15. The maximum Gasteiger partial charge on any atom is 0.213 e. The summed E-state index contributed by atoms with van der Waals surface area (Å²) in [7, 11) is -1.59. The van der Waals surface area contributed by atoms with Gasteiger partial charge in [0.15, 0.2) is 15.8 Å². The predicted octanol–water partition coefficient (Wildman–Crippen LogP) is 2.95. The van der Waals surface area contributed by atoms with Crippen molar-refractivity contribution in [2.24, 2.45) is 4.99 Å². The average Bonchev–Trinajstić information content (AvgIpc) is 3.22. The first-order chi connectivity index (χ1) is 14.8. The molecule has 1 fully saturated rings. The normalized spacial score (nSPS) is 15.1. The monoisotopic (exact) mass is 448 g/mol. The SMILES string of the molecule is CN=C(NCc1ccnc(OC2CCCC2)c1)NCc1cc(F)ccc1CS(C)(=O)=O. The summed E-state index contributed by atoms with van der Waals surface area (Å²) >= 11 is 0. The van der Waals surface area contributed by atoms with E-state index in [1.807, 2.05) is 12.1 Å². The highest BCUT2D eigenvalue weighted by atomic mass is 32.2. The number of nitrogens with one attached hydrogen (secondary N) is 2. The zero-order valence-corrected chi connectivity index (χ0v) is 18.7. The van der Waals surface area contributed by atoms with Crippen LogP contribution in [0.4, 0.5) is 4.39 Å². The van der Waals surface area contributed by atoms with Gasteiger partial charge in [0, 0.05) is 38.7 Å². The minimum Gasteiger partial charge on any atom is -0.474 e. The van der Waals surface area contributed by atoms with Gasteiger partial charge in [0.25, 0.3) is 0 Å². The van der Waals surface area contributed by atoms with E-state index in [-0.39, 0.29) is 18.4 Å². The molecular formula is C22H29FN4O3S. The molecule has 0 amide bonds. The van der Waals surface area contributed by atoms with Gasteiger partial charge >= 0.3 is 0 Å². The standard InChI is InChI=1S/C22H29FN4O3S/c1-24-22(27-14-18-12-19(23)8-7-17(18)15-31(2,28)29)26-13-16-9-10-25-21(11-16)30-20-5-3-4-6-20/h7-12,20H,3-6,13-15H2,1-2H3,(H2,24,26,27). The summed E-state index contributed by atoms with van der Waals surface area (Å²) in [5.74, 6) is 0.587. The van der Waals surface area contributed by atoms with Crippen LogP contribution in [0.1, 0.15) is 42.4 Å². The van der Waals surface area contributed by atoms with Gasteiger partial charge < -0.3 is 15.4 Å². The van der Waals surface area contributed by atoms with E-state index in [0.29, 0.717) is 29.5 Å². The quantitative estimate of drug-likeness (QED) is 0.477. The number of halogens is 1. The molecule has 0 saturated heterocycles. The molecule has 0 atom stereocenters. The Balaban J connectivity index is 1.57. The van der Waals surface area contributed by atoms with Crippen LogP contribution >= 0.6 is 0 Å². The molecule has 1 saturated carbocycles. The van der Waals surface area contributed by atoms with E-state index in [4.69, 9.17) is 4.74 Å². The van der Waals surface area contributed by atoms with Crippen LogP contribution in [0, 0.1) is 5.82 Å². The molecule has 1 aliphatic rings. The lowest BCUT2D eigenvalue weighted by Crippen LogP contribution is -2.36. The summed E-state index contributed by atoms with van der Waals surface area (Å²) in [4.78, 5) is 8.48. The Bertz CT molecular complexity index is 1020. The van der Waals surface area contributed by atoms with Crippen molar-refractivity contribution in [2.45, 2.75) is 50.6 Å². The highest BCUT2D eigenvalue weighted by molar-refractivity contribution is 7.89. The van der Waals surface area contributed by atoms with Gasteiger partial charge in [0.1, 0.15) is 11.9 Å². The first-order valence-electron chi connectivity index (χ1n) is 10.3. The molecule has 2 aromatic rings. The minimum atomic E-state index is -3.23. The third kappa shape index (κ3) is 7.50. The second-order valence-corrected chi connectivity index (χ2v) is 9.93. The van der Waals surface area contributed by atoms with Crippen LogP contribution < -0.4 is 15.4 Å². The Kier molecular flexibility index (Phi) is 7.84. The molecule has 0 aliphatic heterocycles. The van der Waals surface area contributed by atoms with Gasteiger partial charge in [-0.25, -0.2) is 17.8 Å². The molecule has 31 heavy (non-hydrogen) atoms.